The Morgan fingerprint density at radius 1 is 0.950 bits per heavy atom. The van der Waals surface area contributed by atoms with Crippen LogP contribution in [0.2, 0.25) is 0 Å². The van der Waals surface area contributed by atoms with Crippen LogP contribution in [0.25, 0.3) is 0 Å². The van der Waals surface area contributed by atoms with Crippen molar-refractivity contribution in [2.24, 2.45) is 5.92 Å². The summed E-state index contributed by atoms with van der Waals surface area (Å²) in [4.78, 5) is 13.7. The van der Waals surface area contributed by atoms with Crippen molar-refractivity contribution in [2.75, 3.05) is 18.0 Å². The Morgan fingerprint density at radius 3 is 2.15 bits per heavy atom. The van der Waals surface area contributed by atoms with E-state index in [1.165, 1.54) is 0 Å². The van der Waals surface area contributed by atoms with Gasteiger partial charge in [-0.05, 0) is 17.7 Å². The lowest BCUT2D eigenvalue weighted by Crippen LogP contribution is -2.23. The lowest BCUT2D eigenvalue weighted by Gasteiger charge is -2.18. The van der Waals surface area contributed by atoms with E-state index in [2.05, 4.69) is 4.90 Å². The average Bonchev–Trinajstić information content (AvgIpc) is 2.94. The van der Waals surface area contributed by atoms with Gasteiger partial charge >= 0.3 is 5.97 Å². The largest absolute Gasteiger partial charge is 0.481 e. The summed E-state index contributed by atoms with van der Waals surface area (Å²) in [6, 6.07) is 20.0. The van der Waals surface area contributed by atoms with Crippen LogP contribution in [0.3, 0.4) is 0 Å². The Labute approximate surface area is 118 Å². The number of aliphatic carboxylic acids is 1. The van der Waals surface area contributed by atoms with Gasteiger partial charge in [-0.2, -0.15) is 0 Å². The number of nitrogens with zero attached hydrogens (tertiary/aromatic N) is 1. The number of carboxylic acids is 1. The predicted molar refractivity (Wildman–Crippen MR) is 79.0 cm³/mol. The second kappa shape index (κ2) is 5.37. The topological polar surface area (TPSA) is 40.5 Å². The van der Waals surface area contributed by atoms with Crippen LogP contribution in [-0.4, -0.2) is 24.2 Å². The molecule has 0 saturated carbocycles. The maximum absolute atomic E-state index is 11.5. The van der Waals surface area contributed by atoms with Crippen molar-refractivity contribution in [2.45, 2.75) is 5.92 Å². The first-order valence-corrected chi connectivity index (χ1v) is 6.83. The lowest BCUT2D eigenvalue weighted by atomic mass is 9.89. The molecule has 2 atom stereocenters. The summed E-state index contributed by atoms with van der Waals surface area (Å²) in [6.45, 7) is 1.32. The van der Waals surface area contributed by atoms with Crippen LogP contribution >= 0.6 is 0 Å². The fourth-order valence-corrected chi connectivity index (χ4v) is 2.94. The number of hydrogen-bond donors (Lipinski definition) is 1. The van der Waals surface area contributed by atoms with Gasteiger partial charge in [0.05, 0.1) is 5.92 Å². The van der Waals surface area contributed by atoms with Crippen LogP contribution in [0.5, 0.6) is 0 Å². The lowest BCUT2D eigenvalue weighted by molar-refractivity contribution is -0.141. The van der Waals surface area contributed by atoms with Gasteiger partial charge in [0.1, 0.15) is 0 Å². The van der Waals surface area contributed by atoms with Gasteiger partial charge in [0.2, 0.25) is 0 Å². The van der Waals surface area contributed by atoms with E-state index >= 15 is 0 Å². The molecule has 0 aliphatic carbocycles. The molecule has 0 amide bonds. The predicted octanol–water partition coefficient (Wildman–Crippen LogP) is 2.99. The van der Waals surface area contributed by atoms with Crippen molar-refractivity contribution in [1.29, 1.82) is 0 Å². The third kappa shape index (κ3) is 2.39. The fraction of sp³-hybridized carbons (Fsp3) is 0.235. The molecule has 0 unspecified atom stereocenters. The standard InChI is InChI=1S/C17H17NO2/c19-17(20)16-12-18(14-9-5-2-6-10-14)11-15(16)13-7-3-1-4-8-13/h1-10,15-16H,11-12H2,(H,19,20)/t15-,16+/m0/s1. The smallest absolute Gasteiger partial charge is 0.308 e. The number of para-hydroxylation sites is 1. The molecular weight excluding hydrogens is 250 g/mol. The molecule has 2 aromatic carbocycles. The molecule has 3 heteroatoms. The van der Waals surface area contributed by atoms with Crippen molar-refractivity contribution < 1.29 is 9.90 Å². The van der Waals surface area contributed by atoms with E-state index in [0.717, 1.165) is 17.8 Å². The summed E-state index contributed by atoms with van der Waals surface area (Å²) in [5.41, 5.74) is 2.20. The molecule has 1 aliphatic heterocycles. The van der Waals surface area contributed by atoms with Crippen LogP contribution in [0.15, 0.2) is 60.7 Å². The van der Waals surface area contributed by atoms with Gasteiger partial charge in [0.15, 0.2) is 0 Å². The highest BCUT2D eigenvalue weighted by atomic mass is 16.4. The number of carboxylic acid groups (broad SMARTS) is 1. The van der Waals surface area contributed by atoms with Crippen molar-refractivity contribution >= 4 is 11.7 Å². The van der Waals surface area contributed by atoms with Crippen molar-refractivity contribution in [3.8, 4) is 0 Å². The second-order valence-electron chi connectivity index (χ2n) is 5.20. The summed E-state index contributed by atoms with van der Waals surface area (Å²) in [6.07, 6.45) is 0. The number of anilines is 1. The van der Waals surface area contributed by atoms with Gasteiger partial charge < -0.3 is 10.0 Å². The molecule has 1 aliphatic rings. The normalized spacial score (nSPS) is 21.9. The zero-order valence-corrected chi connectivity index (χ0v) is 11.1. The van der Waals surface area contributed by atoms with Crippen molar-refractivity contribution in [3.63, 3.8) is 0 Å². The summed E-state index contributed by atoms with van der Waals surface area (Å²) < 4.78 is 0. The SMILES string of the molecule is O=C(O)[C@@H]1CN(c2ccccc2)C[C@H]1c1ccccc1. The molecule has 102 valence electrons. The Bertz CT molecular complexity index is 582. The Balaban J connectivity index is 1.89. The molecule has 1 heterocycles. The number of carbonyl (C=O) groups is 1. The molecule has 0 radical (unpaired) electrons. The first-order chi connectivity index (χ1) is 9.75. The van der Waals surface area contributed by atoms with Crippen LogP contribution in [0, 0.1) is 5.92 Å². The van der Waals surface area contributed by atoms with E-state index in [9.17, 15) is 9.90 Å². The number of rotatable bonds is 3. The van der Waals surface area contributed by atoms with Crippen LogP contribution < -0.4 is 4.90 Å². The Morgan fingerprint density at radius 2 is 1.55 bits per heavy atom. The van der Waals surface area contributed by atoms with E-state index in [0.29, 0.717) is 6.54 Å². The quantitative estimate of drug-likeness (QED) is 0.929. The molecular formula is C17H17NO2. The van der Waals surface area contributed by atoms with Gasteiger partial charge in [0, 0.05) is 24.7 Å². The minimum atomic E-state index is -0.711. The van der Waals surface area contributed by atoms with Gasteiger partial charge in [-0.15, -0.1) is 0 Å². The highest BCUT2D eigenvalue weighted by Gasteiger charge is 2.38. The van der Waals surface area contributed by atoms with Gasteiger partial charge in [0.25, 0.3) is 0 Å². The molecule has 20 heavy (non-hydrogen) atoms. The first kappa shape index (κ1) is 12.7. The average molecular weight is 267 g/mol. The van der Waals surface area contributed by atoms with Gasteiger partial charge in [-0.25, -0.2) is 0 Å². The zero-order chi connectivity index (χ0) is 13.9. The highest BCUT2D eigenvalue weighted by molar-refractivity contribution is 5.74. The van der Waals surface area contributed by atoms with E-state index in [-0.39, 0.29) is 11.8 Å². The summed E-state index contributed by atoms with van der Waals surface area (Å²) in [5, 5.41) is 9.48. The molecule has 1 saturated heterocycles. The molecule has 1 N–H and O–H groups in total. The second-order valence-corrected chi connectivity index (χ2v) is 5.20. The Kier molecular flexibility index (Phi) is 3.42. The van der Waals surface area contributed by atoms with Gasteiger partial charge in [-0.1, -0.05) is 48.5 Å². The minimum Gasteiger partial charge on any atom is -0.481 e. The third-order valence-corrected chi connectivity index (χ3v) is 3.99. The summed E-state index contributed by atoms with van der Waals surface area (Å²) in [5.74, 6) is -1.01. The van der Waals surface area contributed by atoms with Crippen LogP contribution in [0.4, 0.5) is 5.69 Å². The minimum absolute atomic E-state index is 0.0499. The van der Waals surface area contributed by atoms with Crippen molar-refractivity contribution in [1.82, 2.24) is 0 Å². The monoisotopic (exact) mass is 267 g/mol. The molecule has 1 fully saturated rings. The molecule has 0 bridgehead atoms. The first-order valence-electron chi connectivity index (χ1n) is 6.83. The van der Waals surface area contributed by atoms with E-state index < -0.39 is 5.97 Å². The highest BCUT2D eigenvalue weighted by Crippen LogP contribution is 2.35. The summed E-state index contributed by atoms with van der Waals surface area (Å²) in [7, 11) is 0. The molecule has 2 aromatic rings. The maximum Gasteiger partial charge on any atom is 0.308 e. The third-order valence-electron chi connectivity index (χ3n) is 3.99. The molecule has 3 rings (SSSR count). The van der Waals surface area contributed by atoms with Gasteiger partial charge in [-0.3, -0.25) is 4.79 Å². The zero-order valence-electron chi connectivity index (χ0n) is 11.1. The van der Waals surface area contributed by atoms with E-state index in [1.54, 1.807) is 0 Å². The maximum atomic E-state index is 11.5. The Hall–Kier alpha value is -2.29. The number of hydrogen-bond acceptors (Lipinski definition) is 2. The fourth-order valence-electron chi connectivity index (χ4n) is 2.94. The number of benzene rings is 2. The van der Waals surface area contributed by atoms with Crippen LogP contribution in [-0.2, 0) is 4.79 Å². The molecule has 0 aromatic heterocycles. The van der Waals surface area contributed by atoms with Crippen LogP contribution in [0.1, 0.15) is 11.5 Å². The van der Waals surface area contributed by atoms with E-state index in [1.807, 2.05) is 60.7 Å². The van der Waals surface area contributed by atoms with E-state index in [4.69, 9.17) is 0 Å². The molecule has 0 spiro atoms. The van der Waals surface area contributed by atoms with Crippen molar-refractivity contribution in [3.05, 3.63) is 66.2 Å². The summed E-state index contributed by atoms with van der Waals surface area (Å²) >= 11 is 0. The molecule has 3 nitrogen and oxygen atoms in total.